The van der Waals surface area contributed by atoms with Crippen LogP contribution in [0.15, 0.2) is 18.2 Å². The SMILES string of the molecule is CCn1nc(CC(C)C)cc1C(=O)N1CC=C[C@H]1C(=O)O. The Labute approximate surface area is 124 Å². The van der Waals surface area contributed by atoms with Gasteiger partial charge in [-0.3, -0.25) is 9.48 Å². The van der Waals surface area contributed by atoms with E-state index in [0.29, 0.717) is 24.7 Å². The summed E-state index contributed by atoms with van der Waals surface area (Å²) >= 11 is 0. The van der Waals surface area contributed by atoms with E-state index in [1.165, 1.54) is 4.90 Å². The van der Waals surface area contributed by atoms with Crippen LogP contribution in [0, 0.1) is 5.92 Å². The van der Waals surface area contributed by atoms with Crippen LogP contribution >= 0.6 is 0 Å². The van der Waals surface area contributed by atoms with Crippen molar-refractivity contribution in [3.05, 3.63) is 29.6 Å². The van der Waals surface area contributed by atoms with Gasteiger partial charge >= 0.3 is 5.97 Å². The summed E-state index contributed by atoms with van der Waals surface area (Å²) in [7, 11) is 0. The smallest absolute Gasteiger partial charge is 0.330 e. The topological polar surface area (TPSA) is 75.4 Å². The van der Waals surface area contributed by atoms with Crippen molar-refractivity contribution in [3.63, 3.8) is 0 Å². The molecule has 1 amide bonds. The minimum atomic E-state index is -1.01. The molecular formula is C15H21N3O3. The number of amides is 1. The summed E-state index contributed by atoms with van der Waals surface area (Å²) in [4.78, 5) is 25.1. The van der Waals surface area contributed by atoms with E-state index in [1.807, 2.05) is 6.92 Å². The molecule has 0 unspecified atom stereocenters. The monoisotopic (exact) mass is 291 g/mol. The van der Waals surface area contributed by atoms with Crippen molar-refractivity contribution in [2.45, 2.75) is 39.8 Å². The Morgan fingerprint density at radius 2 is 2.19 bits per heavy atom. The van der Waals surface area contributed by atoms with Crippen molar-refractivity contribution in [1.29, 1.82) is 0 Å². The van der Waals surface area contributed by atoms with Gasteiger partial charge in [-0.25, -0.2) is 4.79 Å². The molecule has 2 heterocycles. The highest BCUT2D eigenvalue weighted by Crippen LogP contribution is 2.17. The quantitative estimate of drug-likeness (QED) is 0.835. The second-order valence-corrected chi connectivity index (χ2v) is 5.60. The molecule has 0 saturated heterocycles. The molecule has 0 spiro atoms. The molecular weight excluding hydrogens is 270 g/mol. The minimum absolute atomic E-state index is 0.281. The van der Waals surface area contributed by atoms with Crippen LogP contribution in [0.5, 0.6) is 0 Å². The predicted octanol–water partition coefficient (Wildman–Crippen LogP) is 1.57. The number of hydrogen-bond donors (Lipinski definition) is 1. The fraction of sp³-hybridized carbons (Fsp3) is 0.533. The molecule has 114 valence electrons. The van der Waals surface area contributed by atoms with Gasteiger partial charge in [-0.05, 0) is 25.3 Å². The molecule has 0 aliphatic carbocycles. The van der Waals surface area contributed by atoms with E-state index in [0.717, 1.165) is 12.1 Å². The fourth-order valence-electron chi connectivity index (χ4n) is 2.49. The maximum atomic E-state index is 12.6. The van der Waals surface area contributed by atoms with Crippen LogP contribution in [-0.4, -0.2) is 44.3 Å². The predicted molar refractivity (Wildman–Crippen MR) is 78.0 cm³/mol. The van der Waals surface area contributed by atoms with Crippen molar-refractivity contribution in [2.75, 3.05) is 6.54 Å². The Balaban J connectivity index is 2.26. The summed E-state index contributed by atoms with van der Waals surface area (Å²) in [5.41, 5.74) is 1.33. The number of rotatable bonds is 5. The van der Waals surface area contributed by atoms with Crippen LogP contribution in [0.2, 0.25) is 0 Å². The van der Waals surface area contributed by atoms with Gasteiger partial charge in [0.05, 0.1) is 5.69 Å². The van der Waals surface area contributed by atoms with Crippen molar-refractivity contribution in [1.82, 2.24) is 14.7 Å². The maximum Gasteiger partial charge on any atom is 0.330 e. The first-order valence-electron chi connectivity index (χ1n) is 7.21. The molecule has 1 N–H and O–H groups in total. The molecule has 0 saturated carbocycles. The number of hydrogen-bond acceptors (Lipinski definition) is 3. The zero-order chi connectivity index (χ0) is 15.6. The third kappa shape index (κ3) is 3.15. The van der Waals surface area contributed by atoms with Gasteiger partial charge in [-0.1, -0.05) is 26.0 Å². The largest absolute Gasteiger partial charge is 0.479 e. The third-order valence-electron chi connectivity index (χ3n) is 3.44. The van der Waals surface area contributed by atoms with Crippen LogP contribution in [0.25, 0.3) is 0 Å². The Kier molecular flexibility index (Phi) is 4.45. The molecule has 6 nitrogen and oxygen atoms in total. The van der Waals surface area contributed by atoms with Crippen LogP contribution < -0.4 is 0 Å². The molecule has 1 atom stereocenters. The number of carbonyl (C=O) groups excluding carboxylic acids is 1. The lowest BCUT2D eigenvalue weighted by Gasteiger charge is -2.21. The van der Waals surface area contributed by atoms with Crippen LogP contribution in [0.3, 0.4) is 0 Å². The highest BCUT2D eigenvalue weighted by atomic mass is 16.4. The first kappa shape index (κ1) is 15.3. The lowest BCUT2D eigenvalue weighted by Crippen LogP contribution is -2.41. The molecule has 1 aromatic heterocycles. The van der Waals surface area contributed by atoms with E-state index in [-0.39, 0.29) is 5.91 Å². The molecule has 0 radical (unpaired) electrons. The lowest BCUT2D eigenvalue weighted by atomic mass is 10.1. The maximum absolute atomic E-state index is 12.6. The third-order valence-corrected chi connectivity index (χ3v) is 3.44. The Hall–Kier alpha value is -2.11. The van der Waals surface area contributed by atoms with Crippen LogP contribution in [0.1, 0.15) is 37.0 Å². The van der Waals surface area contributed by atoms with E-state index in [9.17, 15) is 9.59 Å². The molecule has 0 aromatic carbocycles. The first-order valence-corrected chi connectivity index (χ1v) is 7.21. The highest BCUT2D eigenvalue weighted by molar-refractivity contribution is 5.96. The van der Waals surface area contributed by atoms with E-state index in [4.69, 9.17) is 5.11 Å². The van der Waals surface area contributed by atoms with E-state index >= 15 is 0 Å². The van der Waals surface area contributed by atoms with E-state index in [1.54, 1.807) is 22.9 Å². The molecule has 1 aromatic rings. The van der Waals surface area contributed by atoms with Gasteiger partial charge in [0.25, 0.3) is 5.91 Å². The average Bonchev–Trinajstić information content (AvgIpc) is 3.03. The van der Waals surface area contributed by atoms with Gasteiger partial charge < -0.3 is 10.0 Å². The summed E-state index contributed by atoms with van der Waals surface area (Å²) in [5.74, 6) is -0.841. The van der Waals surface area contributed by atoms with E-state index in [2.05, 4.69) is 18.9 Å². The van der Waals surface area contributed by atoms with Crippen molar-refractivity contribution in [3.8, 4) is 0 Å². The van der Waals surface area contributed by atoms with Crippen LogP contribution in [-0.2, 0) is 17.8 Å². The van der Waals surface area contributed by atoms with Crippen molar-refractivity contribution in [2.24, 2.45) is 5.92 Å². The second kappa shape index (κ2) is 6.11. The summed E-state index contributed by atoms with van der Waals surface area (Å²) in [6.45, 7) is 7.01. The number of carboxylic acids is 1. The highest BCUT2D eigenvalue weighted by Gasteiger charge is 2.32. The average molecular weight is 291 g/mol. The van der Waals surface area contributed by atoms with Crippen LogP contribution in [0.4, 0.5) is 0 Å². The normalized spacial score (nSPS) is 17.7. The minimum Gasteiger partial charge on any atom is -0.479 e. The molecule has 1 aliphatic heterocycles. The number of aryl methyl sites for hydroxylation is 1. The Morgan fingerprint density at radius 3 is 2.76 bits per heavy atom. The van der Waals surface area contributed by atoms with Gasteiger partial charge in [-0.2, -0.15) is 5.10 Å². The summed E-state index contributed by atoms with van der Waals surface area (Å²) in [6, 6.07) is 0.898. The summed E-state index contributed by atoms with van der Waals surface area (Å²) in [5, 5.41) is 13.6. The molecule has 1 aliphatic rings. The molecule has 2 rings (SSSR count). The number of carbonyl (C=O) groups is 2. The molecule has 21 heavy (non-hydrogen) atoms. The van der Waals surface area contributed by atoms with Gasteiger partial charge in [0.1, 0.15) is 11.7 Å². The number of carboxylic acid groups (broad SMARTS) is 1. The van der Waals surface area contributed by atoms with Gasteiger partial charge in [0.15, 0.2) is 0 Å². The zero-order valence-corrected chi connectivity index (χ0v) is 12.6. The molecule has 6 heteroatoms. The van der Waals surface area contributed by atoms with Gasteiger partial charge in [-0.15, -0.1) is 0 Å². The van der Waals surface area contributed by atoms with Crippen molar-refractivity contribution < 1.29 is 14.7 Å². The summed E-state index contributed by atoms with van der Waals surface area (Å²) < 4.78 is 1.65. The number of aliphatic carboxylic acids is 1. The van der Waals surface area contributed by atoms with Crippen molar-refractivity contribution >= 4 is 11.9 Å². The van der Waals surface area contributed by atoms with Gasteiger partial charge in [0, 0.05) is 13.1 Å². The standard InChI is InChI=1S/C15H21N3O3/c1-4-18-13(9-11(16-18)8-10(2)3)14(19)17-7-5-6-12(17)15(20)21/h5-6,9-10,12H,4,7-8H2,1-3H3,(H,20,21)/t12-/m0/s1. The van der Waals surface area contributed by atoms with E-state index < -0.39 is 12.0 Å². The molecule has 0 fully saturated rings. The Morgan fingerprint density at radius 1 is 1.48 bits per heavy atom. The zero-order valence-electron chi connectivity index (χ0n) is 12.6. The Bertz CT molecular complexity index is 575. The lowest BCUT2D eigenvalue weighted by molar-refractivity contribution is -0.140. The number of aromatic nitrogens is 2. The van der Waals surface area contributed by atoms with Gasteiger partial charge in [0.2, 0.25) is 0 Å². The first-order chi connectivity index (χ1) is 9.93. The number of nitrogens with zero attached hydrogens (tertiary/aromatic N) is 3. The second-order valence-electron chi connectivity index (χ2n) is 5.60. The molecule has 0 bridgehead atoms. The summed E-state index contributed by atoms with van der Waals surface area (Å²) in [6.07, 6.45) is 4.05. The fourth-order valence-corrected chi connectivity index (χ4v) is 2.49.